The molecule has 8 nitrogen and oxygen atoms in total. The summed E-state index contributed by atoms with van der Waals surface area (Å²) in [5.41, 5.74) is 16.6. The van der Waals surface area contributed by atoms with E-state index in [-0.39, 0.29) is 11.6 Å². The van der Waals surface area contributed by atoms with E-state index in [0.717, 1.165) is 39.6 Å². The molecule has 7 N–H and O–H groups in total. The van der Waals surface area contributed by atoms with E-state index in [1.165, 1.54) is 0 Å². The van der Waals surface area contributed by atoms with E-state index in [1.54, 1.807) is 31.5 Å². The topological polar surface area (TPSA) is 143 Å². The first-order valence-corrected chi connectivity index (χ1v) is 10.1. The molecule has 4 aromatic rings. The van der Waals surface area contributed by atoms with Crippen molar-refractivity contribution in [3.63, 3.8) is 0 Å². The van der Waals surface area contributed by atoms with Crippen molar-refractivity contribution in [1.29, 1.82) is 5.41 Å². The molecule has 8 heteroatoms. The molecule has 0 bridgehead atoms. The molecule has 2 aromatic carbocycles. The van der Waals surface area contributed by atoms with Crippen LogP contribution in [0.5, 0.6) is 5.75 Å². The third kappa shape index (κ3) is 4.11. The van der Waals surface area contributed by atoms with Gasteiger partial charge in [-0.3, -0.25) is 4.79 Å². The number of nitrogens with two attached hydrogens (primary N) is 2. The van der Waals surface area contributed by atoms with Crippen LogP contribution in [0.15, 0.2) is 54.9 Å². The van der Waals surface area contributed by atoms with E-state index in [0.29, 0.717) is 29.9 Å². The number of aromatic amines is 1. The van der Waals surface area contributed by atoms with E-state index < -0.39 is 0 Å². The van der Waals surface area contributed by atoms with Gasteiger partial charge < -0.3 is 31.9 Å². The van der Waals surface area contributed by atoms with E-state index in [4.69, 9.17) is 21.6 Å². The Balaban J connectivity index is 1.59. The molecule has 0 aliphatic carbocycles. The molecule has 0 spiro atoms. The summed E-state index contributed by atoms with van der Waals surface area (Å²) in [5.74, 6) is 0.899. The first kappa shape index (κ1) is 20.9. The maximum atomic E-state index is 12.9. The third-order valence-corrected chi connectivity index (χ3v) is 5.37. The van der Waals surface area contributed by atoms with Crippen LogP contribution in [-0.2, 0) is 6.42 Å². The van der Waals surface area contributed by atoms with Crippen molar-refractivity contribution in [2.75, 3.05) is 25.1 Å². The Morgan fingerprint density at radius 1 is 1.22 bits per heavy atom. The van der Waals surface area contributed by atoms with Gasteiger partial charge >= 0.3 is 0 Å². The van der Waals surface area contributed by atoms with Crippen LogP contribution in [0, 0.1) is 5.41 Å². The molecule has 0 aliphatic rings. The Hall–Kier alpha value is -4.33. The molecule has 0 fully saturated rings. The predicted octanol–water partition coefficient (Wildman–Crippen LogP) is 3.37. The van der Waals surface area contributed by atoms with Gasteiger partial charge in [0.05, 0.1) is 30.1 Å². The first-order chi connectivity index (χ1) is 15.5. The van der Waals surface area contributed by atoms with Crippen molar-refractivity contribution in [3.8, 4) is 16.9 Å². The quantitative estimate of drug-likeness (QED) is 0.226. The number of amides is 1. The first-order valence-electron chi connectivity index (χ1n) is 10.1. The van der Waals surface area contributed by atoms with Gasteiger partial charge in [-0.15, -0.1) is 0 Å². The average molecular weight is 428 g/mol. The molecule has 0 radical (unpaired) electrons. The molecule has 0 saturated heterocycles. The zero-order valence-electron chi connectivity index (χ0n) is 17.6. The standard InChI is InChI=1S/C24H24N6O2/c1-32-17-4-2-14(3-5-17)6-7-28-24(31)19-9-15(8-16(11-25)23(19)27)20-12-29-21-13-30-22(26)10-18(20)21/h2-5,8-13,25,29H,6-7,27H2,1H3,(H2,26,30)(H,28,31). The minimum Gasteiger partial charge on any atom is -0.497 e. The number of carbonyl (C=O) groups excluding carboxylic acids is 1. The Bertz CT molecular complexity index is 1290. The number of hydrogen-bond donors (Lipinski definition) is 5. The molecular weight excluding hydrogens is 404 g/mol. The lowest BCUT2D eigenvalue weighted by Gasteiger charge is -2.12. The number of fused-ring (bicyclic) bond motifs is 1. The highest BCUT2D eigenvalue weighted by Gasteiger charge is 2.16. The Kier molecular flexibility index (Phi) is 5.76. The van der Waals surface area contributed by atoms with Crippen molar-refractivity contribution < 1.29 is 9.53 Å². The highest BCUT2D eigenvalue weighted by Crippen LogP contribution is 2.32. The van der Waals surface area contributed by atoms with Crippen LogP contribution >= 0.6 is 0 Å². The van der Waals surface area contributed by atoms with E-state index in [1.807, 2.05) is 30.5 Å². The zero-order valence-corrected chi connectivity index (χ0v) is 17.6. The maximum Gasteiger partial charge on any atom is 0.253 e. The number of rotatable bonds is 7. The van der Waals surface area contributed by atoms with Crippen LogP contribution in [-0.4, -0.2) is 35.7 Å². The molecule has 1 amide bonds. The molecular formula is C24H24N6O2. The number of ether oxygens (including phenoxy) is 1. The van der Waals surface area contributed by atoms with E-state index >= 15 is 0 Å². The number of aromatic nitrogens is 2. The number of nitrogens with one attached hydrogen (secondary N) is 3. The summed E-state index contributed by atoms with van der Waals surface area (Å²) in [5, 5.41) is 11.5. The fraction of sp³-hybridized carbons (Fsp3) is 0.125. The van der Waals surface area contributed by atoms with Crippen LogP contribution in [0.2, 0.25) is 0 Å². The van der Waals surface area contributed by atoms with E-state index in [2.05, 4.69) is 15.3 Å². The minimum atomic E-state index is -0.290. The second-order valence-corrected chi connectivity index (χ2v) is 7.38. The van der Waals surface area contributed by atoms with Gasteiger partial charge in [0.1, 0.15) is 11.6 Å². The van der Waals surface area contributed by atoms with Gasteiger partial charge in [0, 0.05) is 35.5 Å². The van der Waals surface area contributed by atoms with Crippen molar-refractivity contribution in [1.82, 2.24) is 15.3 Å². The van der Waals surface area contributed by atoms with E-state index in [9.17, 15) is 4.79 Å². The fourth-order valence-electron chi connectivity index (χ4n) is 3.62. The van der Waals surface area contributed by atoms with Gasteiger partial charge in [-0.2, -0.15) is 0 Å². The van der Waals surface area contributed by atoms with Crippen molar-refractivity contribution >= 4 is 34.5 Å². The summed E-state index contributed by atoms with van der Waals surface area (Å²) in [4.78, 5) is 20.2. The Morgan fingerprint density at radius 3 is 2.72 bits per heavy atom. The number of carbonyl (C=O) groups is 1. The summed E-state index contributed by atoms with van der Waals surface area (Å²) in [6.45, 7) is 0.448. The van der Waals surface area contributed by atoms with Crippen molar-refractivity contribution in [3.05, 3.63) is 71.5 Å². The summed E-state index contributed by atoms with van der Waals surface area (Å²) in [6, 6.07) is 13.0. The molecule has 0 saturated carbocycles. The lowest BCUT2D eigenvalue weighted by atomic mass is 9.97. The van der Waals surface area contributed by atoms with Gasteiger partial charge in [0.25, 0.3) is 5.91 Å². The lowest BCUT2D eigenvalue weighted by molar-refractivity contribution is 0.0955. The normalized spacial score (nSPS) is 10.8. The summed E-state index contributed by atoms with van der Waals surface area (Å²) >= 11 is 0. The number of nitrogen functional groups attached to an aromatic ring is 2. The van der Waals surface area contributed by atoms with Crippen LogP contribution in [0.1, 0.15) is 21.5 Å². The van der Waals surface area contributed by atoms with Crippen molar-refractivity contribution in [2.45, 2.75) is 6.42 Å². The highest BCUT2D eigenvalue weighted by atomic mass is 16.5. The third-order valence-electron chi connectivity index (χ3n) is 5.37. The molecule has 2 heterocycles. The second kappa shape index (κ2) is 8.81. The summed E-state index contributed by atoms with van der Waals surface area (Å²) in [7, 11) is 1.62. The highest BCUT2D eigenvalue weighted by molar-refractivity contribution is 6.06. The molecule has 32 heavy (non-hydrogen) atoms. The number of benzene rings is 2. The molecule has 0 unspecified atom stereocenters. The molecule has 4 rings (SSSR count). The fourth-order valence-corrected chi connectivity index (χ4v) is 3.62. The van der Waals surface area contributed by atoms with Gasteiger partial charge in [0.15, 0.2) is 0 Å². The summed E-state index contributed by atoms with van der Waals surface area (Å²) < 4.78 is 5.17. The number of anilines is 2. The lowest BCUT2D eigenvalue weighted by Crippen LogP contribution is -2.27. The van der Waals surface area contributed by atoms with Gasteiger partial charge in [-0.1, -0.05) is 12.1 Å². The monoisotopic (exact) mass is 428 g/mol. The molecule has 0 aliphatic heterocycles. The number of pyridine rings is 1. The molecule has 162 valence electrons. The average Bonchev–Trinajstić information content (AvgIpc) is 3.22. The SMILES string of the molecule is COc1ccc(CCNC(=O)c2cc(-c3c[nH]c4cnc(N)cc34)cc(C=N)c2N)cc1. The van der Waals surface area contributed by atoms with Gasteiger partial charge in [-0.25, -0.2) is 4.98 Å². The van der Waals surface area contributed by atoms with Gasteiger partial charge in [0.2, 0.25) is 0 Å². The number of nitrogens with zero attached hydrogens (tertiary/aromatic N) is 1. The predicted molar refractivity (Wildman–Crippen MR) is 127 cm³/mol. The zero-order chi connectivity index (χ0) is 22.7. The number of H-pyrrole nitrogens is 1. The van der Waals surface area contributed by atoms with Crippen LogP contribution in [0.25, 0.3) is 22.0 Å². The molecule has 0 atom stereocenters. The smallest absolute Gasteiger partial charge is 0.253 e. The summed E-state index contributed by atoms with van der Waals surface area (Å²) in [6.07, 6.45) is 5.31. The Labute approximate surface area is 185 Å². The van der Waals surface area contributed by atoms with Crippen LogP contribution in [0.3, 0.4) is 0 Å². The maximum absolute atomic E-state index is 12.9. The number of hydrogen-bond acceptors (Lipinski definition) is 6. The minimum absolute atomic E-state index is 0.270. The Morgan fingerprint density at radius 2 is 2.00 bits per heavy atom. The number of methoxy groups -OCH3 is 1. The molecule has 2 aromatic heterocycles. The van der Waals surface area contributed by atoms with Gasteiger partial charge in [-0.05, 0) is 47.9 Å². The van der Waals surface area contributed by atoms with Crippen LogP contribution < -0.4 is 21.5 Å². The largest absolute Gasteiger partial charge is 0.497 e. The van der Waals surface area contributed by atoms with Crippen molar-refractivity contribution in [2.24, 2.45) is 0 Å². The second-order valence-electron chi connectivity index (χ2n) is 7.38. The van der Waals surface area contributed by atoms with Crippen LogP contribution in [0.4, 0.5) is 11.5 Å².